The van der Waals surface area contributed by atoms with Gasteiger partial charge in [-0.3, -0.25) is 4.79 Å². The van der Waals surface area contributed by atoms with E-state index < -0.39 is 0 Å². The Morgan fingerprint density at radius 3 is 2.70 bits per heavy atom. The molecule has 1 heterocycles. The van der Waals surface area contributed by atoms with Crippen molar-refractivity contribution in [1.29, 1.82) is 0 Å². The number of hydrogen-bond acceptors (Lipinski definition) is 2. The van der Waals surface area contributed by atoms with Crippen LogP contribution in [-0.2, 0) is 0 Å². The van der Waals surface area contributed by atoms with Gasteiger partial charge in [0.1, 0.15) is 0 Å². The number of rotatable bonds is 4. The molecule has 1 amide bonds. The molecule has 1 aromatic rings. The maximum atomic E-state index is 12.6. The molecule has 1 aromatic carbocycles. The van der Waals surface area contributed by atoms with Gasteiger partial charge in [0, 0.05) is 23.1 Å². The third-order valence-corrected chi connectivity index (χ3v) is 4.90. The number of aryl methyl sites for hydroxylation is 1. The second kappa shape index (κ2) is 7.23. The molecule has 1 N–H and O–H groups in total. The summed E-state index contributed by atoms with van der Waals surface area (Å²) in [7, 11) is 0. The van der Waals surface area contributed by atoms with Crippen molar-refractivity contribution in [2.75, 3.05) is 26.2 Å². The minimum absolute atomic E-state index is 0.154. The zero-order valence-electron chi connectivity index (χ0n) is 12.3. The Morgan fingerprint density at radius 1 is 1.40 bits per heavy atom. The van der Waals surface area contributed by atoms with Gasteiger partial charge < -0.3 is 10.2 Å². The van der Waals surface area contributed by atoms with Crippen molar-refractivity contribution in [3.63, 3.8) is 0 Å². The maximum Gasteiger partial charge on any atom is 0.253 e. The van der Waals surface area contributed by atoms with Crippen molar-refractivity contribution in [1.82, 2.24) is 10.2 Å². The molecule has 0 aromatic heterocycles. The van der Waals surface area contributed by atoms with E-state index in [-0.39, 0.29) is 5.91 Å². The number of benzene rings is 1. The summed E-state index contributed by atoms with van der Waals surface area (Å²) in [5.41, 5.74) is 1.90. The van der Waals surface area contributed by atoms with Crippen molar-refractivity contribution < 1.29 is 4.79 Å². The second-order valence-corrected chi connectivity index (χ2v) is 6.36. The van der Waals surface area contributed by atoms with E-state index in [1.807, 2.05) is 30.0 Å². The largest absolute Gasteiger partial charge is 0.339 e. The molecule has 3 nitrogen and oxygen atoms in total. The number of carbonyl (C=O) groups excluding carboxylic acids is 1. The highest BCUT2D eigenvalue weighted by atomic mass is 79.9. The topological polar surface area (TPSA) is 32.3 Å². The number of nitrogens with one attached hydrogen (secondary N) is 1. The average Bonchev–Trinajstić information content (AvgIpc) is 2.48. The van der Waals surface area contributed by atoms with Crippen LogP contribution < -0.4 is 5.32 Å². The molecule has 20 heavy (non-hydrogen) atoms. The molecule has 110 valence electrons. The second-order valence-electron chi connectivity index (χ2n) is 5.50. The van der Waals surface area contributed by atoms with Crippen LogP contribution in [0.25, 0.3) is 0 Å². The van der Waals surface area contributed by atoms with E-state index in [0.29, 0.717) is 5.92 Å². The van der Waals surface area contributed by atoms with Gasteiger partial charge in [-0.25, -0.2) is 0 Å². The van der Waals surface area contributed by atoms with Crippen LogP contribution in [0.5, 0.6) is 0 Å². The van der Waals surface area contributed by atoms with Gasteiger partial charge in [0.25, 0.3) is 5.91 Å². The van der Waals surface area contributed by atoms with Crippen molar-refractivity contribution in [2.45, 2.75) is 26.7 Å². The van der Waals surface area contributed by atoms with Crippen molar-refractivity contribution >= 4 is 21.8 Å². The molecule has 0 unspecified atom stereocenters. The zero-order chi connectivity index (χ0) is 14.5. The highest BCUT2D eigenvalue weighted by Gasteiger charge is 2.20. The first-order chi connectivity index (χ1) is 9.61. The lowest BCUT2D eigenvalue weighted by Crippen LogP contribution is -2.39. The standard InChI is InChI=1S/C16H23BrN2O/c1-3-19(11-13-6-8-18-9-7-13)16(20)14-4-5-15(17)12(2)10-14/h4-5,10,13,18H,3,6-9,11H2,1-2H3. The van der Waals surface area contributed by atoms with Gasteiger partial charge >= 0.3 is 0 Å². The van der Waals surface area contributed by atoms with Gasteiger partial charge in [0.05, 0.1) is 0 Å². The molecule has 4 heteroatoms. The molecular weight excluding hydrogens is 316 g/mol. The third kappa shape index (κ3) is 3.83. The number of hydrogen-bond donors (Lipinski definition) is 1. The fraction of sp³-hybridized carbons (Fsp3) is 0.562. The monoisotopic (exact) mass is 338 g/mol. The Morgan fingerprint density at radius 2 is 2.10 bits per heavy atom. The van der Waals surface area contributed by atoms with E-state index in [0.717, 1.165) is 41.8 Å². The van der Waals surface area contributed by atoms with Gasteiger partial charge in [-0.2, -0.15) is 0 Å². The van der Waals surface area contributed by atoms with Crippen LogP contribution in [0.4, 0.5) is 0 Å². The first-order valence-electron chi connectivity index (χ1n) is 7.38. The lowest BCUT2D eigenvalue weighted by molar-refractivity contribution is 0.0726. The molecule has 1 aliphatic heterocycles. The summed E-state index contributed by atoms with van der Waals surface area (Å²) in [4.78, 5) is 14.6. The van der Waals surface area contributed by atoms with E-state index >= 15 is 0 Å². The predicted octanol–water partition coefficient (Wildman–Crippen LogP) is 3.22. The van der Waals surface area contributed by atoms with Crippen molar-refractivity contribution in [3.05, 3.63) is 33.8 Å². The first kappa shape index (κ1) is 15.5. The van der Waals surface area contributed by atoms with E-state index in [1.54, 1.807) is 0 Å². The fourth-order valence-electron chi connectivity index (χ4n) is 2.69. The van der Waals surface area contributed by atoms with Gasteiger partial charge in [-0.15, -0.1) is 0 Å². The highest BCUT2D eigenvalue weighted by Crippen LogP contribution is 2.19. The molecule has 0 spiro atoms. The third-order valence-electron chi connectivity index (χ3n) is 4.01. The van der Waals surface area contributed by atoms with E-state index in [4.69, 9.17) is 0 Å². The van der Waals surface area contributed by atoms with Crippen LogP contribution >= 0.6 is 15.9 Å². The van der Waals surface area contributed by atoms with Crippen LogP contribution in [0.3, 0.4) is 0 Å². The predicted molar refractivity (Wildman–Crippen MR) is 86.1 cm³/mol. The summed E-state index contributed by atoms with van der Waals surface area (Å²) in [6.45, 7) is 7.89. The van der Waals surface area contributed by atoms with E-state index in [1.165, 1.54) is 12.8 Å². The Kier molecular flexibility index (Phi) is 5.61. The van der Waals surface area contributed by atoms with E-state index in [2.05, 4.69) is 28.2 Å². The van der Waals surface area contributed by atoms with Crippen LogP contribution in [0.2, 0.25) is 0 Å². The molecule has 0 atom stereocenters. The van der Waals surface area contributed by atoms with Crippen molar-refractivity contribution in [2.24, 2.45) is 5.92 Å². The van der Waals surface area contributed by atoms with Gasteiger partial charge in [0.15, 0.2) is 0 Å². The maximum absolute atomic E-state index is 12.6. The summed E-state index contributed by atoms with van der Waals surface area (Å²) in [6, 6.07) is 5.84. The quantitative estimate of drug-likeness (QED) is 0.914. The van der Waals surface area contributed by atoms with E-state index in [9.17, 15) is 4.79 Å². The minimum Gasteiger partial charge on any atom is -0.339 e. The van der Waals surface area contributed by atoms with Crippen molar-refractivity contribution in [3.8, 4) is 0 Å². The first-order valence-corrected chi connectivity index (χ1v) is 8.17. The minimum atomic E-state index is 0.154. The number of nitrogens with zero attached hydrogens (tertiary/aromatic N) is 1. The Bertz CT molecular complexity index is 470. The molecular formula is C16H23BrN2O. The van der Waals surface area contributed by atoms with Crippen LogP contribution in [0.1, 0.15) is 35.7 Å². The van der Waals surface area contributed by atoms with Crippen LogP contribution in [-0.4, -0.2) is 37.0 Å². The highest BCUT2D eigenvalue weighted by molar-refractivity contribution is 9.10. The lowest BCUT2D eigenvalue weighted by Gasteiger charge is -2.29. The summed E-state index contributed by atoms with van der Waals surface area (Å²) < 4.78 is 1.05. The molecule has 0 bridgehead atoms. The summed E-state index contributed by atoms with van der Waals surface area (Å²) in [6.07, 6.45) is 2.34. The molecule has 1 fully saturated rings. The van der Waals surface area contributed by atoms with Gasteiger partial charge in [0.2, 0.25) is 0 Å². The lowest BCUT2D eigenvalue weighted by atomic mass is 9.97. The zero-order valence-corrected chi connectivity index (χ0v) is 13.9. The van der Waals surface area contributed by atoms with Gasteiger partial charge in [-0.1, -0.05) is 15.9 Å². The normalized spacial score (nSPS) is 16.1. The number of piperidine rings is 1. The molecule has 1 saturated heterocycles. The Labute approximate surface area is 129 Å². The fourth-order valence-corrected chi connectivity index (χ4v) is 2.94. The van der Waals surface area contributed by atoms with Crippen LogP contribution in [0, 0.1) is 12.8 Å². The molecule has 0 radical (unpaired) electrons. The summed E-state index contributed by atoms with van der Waals surface area (Å²) in [5, 5.41) is 3.37. The molecule has 1 aliphatic rings. The van der Waals surface area contributed by atoms with Crippen LogP contribution in [0.15, 0.2) is 22.7 Å². The number of carbonyl (C=O) groups is 1. The Balaban J connectivity index is 2.05. The van der Waals surface area contributed by atoms with Gasteiger partial charge in [-0.05, 0) is 69.5 Å². The summed E-state index contributed by atoms with van der Waals surface area (Å²) >= 11 is 3.48. The molecule has 0 saturated carbocycles. The number of halogens is 1. The number of amides is 1. The molecule has 0 aliphatic carbocycles. The Hall–Kier alpha value is -0.870. The smallest absolute Gasteiger partial charge is 0.253 e. The molecule has 2 rings (SSSR count). The SMILES string of the molecule is CCN(CC1CCNCC1)C(=O)c1ccc(Br)c(C)c1. The average molecular weight is 339 g/mol. The summed E-state index contributed by atoms with van der Waals surface area (Å²) in [5.74, 6) is 0.790.